The molecule has 0 unspecified atom stereocenters. The number of benzene rings is 1. The maximum Gasteiger partial charge on any atom is 0.405 e. The molecule has 0 atom stereocenters. The number of hydrogen-bond donors (Lipinski definition) is 5. The fraction of sp³-hybridized carbons (Fsp3) is 0.143. The van der Waals surface area contributed by atoms with Gasteiger partial charge in [0.1, 0.15) is 18.2 Å². The molecule has 1 aromatic rings. The highest BCUT2D eigenvalue weighted by Crippen LogP contribution is 2.32. The van der Waals surface area contributed by atoms with E-state index in [1.807, 2.05) is 29.3 Å². The van der Waals surface area contributed by atoms with E-state index in [2.05, 4.69) is 15.6 Å². The standard InChI is InChI=1S/C21H22F3N7O/c1-27-18(26)6-5-16(25)13-7-8-31-17(11-28-19(31)10-13)14-3-2-4-15(9-14)30-20(32)29-12-21(22,23)24/h2-11,28H,12,25H2,1H3,(H2,26,27)(H2,29,30,32). The maximum absolute atomic E-state index is 12.3. The summed E-state index contributed by atoms with van der Waals surface area (Å²) in [5.41, 5.74) is 14.9. The maximum atomic E-state index is 12.3. The second-order valence-corrected chi connectivity index (χ2v) is 6.79. The summed E-state index contributed by atoms with van der Waals surface area (Å²) in [6, 6.07) is 5.81. The Morgan fingerprint density at radius 2 is 2.06 bits per heavy atom. The molecule has 0 fully saturated rings. The molecule has 2 aliphatic rings. The molecule has 0 spiro atoms. The van der Waals surface area contributed by atoms with Gasteiger partial charge in [0.25, 0.3) is 0 Å². The number of amidine groups is 1. The van der Waals surface area contributed by atoms with E-state index < -0.39 is 18.8 Å². The Bertz CT molecular complexity index is 1080. The van der Waals surface area contributed by atoms with E-state index in [4.69, 9.17) is 11.5 Å². The molecule has 11 heteroatoms. The van der Waals surface area contributed by atoms with Crippen molar-refractivity contribution in [2.24, 2.45) is 16.5 Å². The molecule has 2 amide bonds. The van der Waals surface area contributed by atoms with Crippen LogP contribution < -0.4 is 27.4 Å². The van der Waals surface area contributed by atoms with E-state index >= 15 is 0 Å². The predicted octanol–water partition coefficient (Wildman–Crippen LogP) is 2.70. The Morgan fingerprint density at radius 1 is 1.28 bits per heavy atom. The van der Waals surface area contributed by atoms with Crippen molar-refractivity contribution in [1.29, 1.82) is 0 Å². The Labute approximate surface area is 182 Å². The number of aliphatic imine (C=N–C) groups is 1. The summed E-state index contributed by atoms with van der Waals surface area (Å²) >= 11 is 0. The van der Waals surface area contributed by atoms with E-state index in [-0.39, 0.29) is 0 Å². The van der Waals surface area contributed by atoms with Crippen LogP contribution in [0.1, 0.15) is 5.56 Å². The molecule has 0 aromatic heterocycles. The molecule has 1 aromatic carbocycles. The number of amides is 2. The lowest BCUT2D eigenvalue weighted by molar-refractivity contribution is -0.122. The Balaban J connectivity index is 1.72. The monoisotopic (exact) mass is 445 g/mol. The molecular formula is C21H22F3N7O. The Kier molecular flexibility index (Phi) is 6.57. The molecule has 2 heterocycles. The average Bonchev–Trinajstić information content (AvgIpc) is 3.18. The van der Waals surface area contributed by atoms with Crippen LogP contribution in [-0.2, 0) is 0 Å². The molecule has 0 radical (unpaired) electrons. The fourth-order valence-corrected chi connectivity index (χ4v) is 2.89. The van der Waals surface area contributed by atoms with Crippen molar-refractivity contribution < 1.29 is 18.0 Å². The third-order valence-electron chi connectivity index (χ3n) is 4.46. The molecule has 0 saturated heterocycles. The predicted molar refractivity (Wildman–Crippen MR) is 118 cm³/mol. The molecule has 168 valence electrons. The molecule has 0 saturated carbocycles. The summed E-state index contributed by atoms with van der Waals surface area (Å²) in [5, 5.41) is 7.32. The molecule has 8 nitrogen and oxygen atoms in total. The number of carbonyl (C=O) groups is 1. The van der Waals surface area contributed by atoms with Gasteiger partial charge in [-0.05, 0) is 36.4 Å². The Hall–Kier alpha value is -4.15. The first-order valence-electron chi connectivity index (χ1n) is 9.44. The van der Waals surface area contributed by atoms with E-state index in [1.54, 1.807) is 48.9 Å². The second kappa shape index (κ2) is 9.33. The summed E-state index contributed by atoms with van der Waals surface area (Å²) in [6.07, 6.45) is 6.07. The number of fused-ring (bicyclic) bond motifs is 1. The van der Waals surface area contributed by atoms with Crippen molar-refractivity contribution in [2.75, 3.05) is 18.9 Å². The van der Waals surface area contributed by atoms with E-state index in [1.165, 1.54) is 0 Å². The number of hydrogen-bond acceptors (Lipinski definition) is 5. The van der Waals surface area contributed by atoms with Gasteiger partial charge >= 0.3 is 12.2 Å². The van der Waals surface area contributed by atoms with Gasteiger partial charge in [0.2, 0.25) is 0 Å². The minimum absolute atomic E-state index is 0.353. The third kappa shape index (κ3) is 5.72. The highest BCUT2D eigenvalue weighted by Gasteiger charge is 2.28. The van der Waals surface area contributed by atoms with Gasteiger partial charge in [-0.1, -0.05) is 12.1 Å². The van der Waals surface area contributed by atoms with Crippen molar-refractivity contribution >= 4 is 23.3 Å². The van der Waals surface area contributed by atoms with Gasteiger partial charge < -0.3 is 32.3 Å². The lowest BCUT2D eigenvalue weighted by atomic mass is 10.1. The van der Waals surface area contributed by atoms with Gasteiger partial charge in [0.05, 0.1) is 5.70 Å². The fourth-order valence-electron chi connectivity index (χ4n) is 2.89. The second-order valence-electron chi connectivity index (χ2n) is 6.79. The van der Waals surface area contributed by atoms with Crippen LogP contribution in [-0.4, -0.2) is 36.5 Å². The molecule has 0 aliphatic carbocycles. The summed E-state index contributed by atoms with van der Waals surface area (Å²) in [7, 11) is 1.58. The van der Waals surface area contributed by atoms with Crippen LogP contribution in [0.25, 0.3) is 5.70 Å². The lowest BCUT2D eigenvalue weighted by Crippen LogP contribution is -2.36. The lowest BCUT2D eigenvalue weighted by Gasteiger charge is -2.23. The minimum atomic E-state index is -4.48. The number of carbonyl (C=O) groups excluding carboxylic acids is 1. The normalized spacial score (nSPS) is 17.5. The highest BCUT2D eigenvalue weighted by molar-refractivity contribution is 5.91. The van der Waals surface area contributed by atoms with Crippen LogP contribution in [0.2, 0.25) is 0 Å². The van der Waals surface area contributed by atoms with Crippen LogP contribution in [0.5, 0.6) is 0 Å². The SMILES string of the molecule is CN=C(N)C=CC(N)=C1C=CN2C(=C1)NC=C2c1cccc(NC(=O)NCC(F)(F)F)c1. The highest BCUT2D eigenvalue weighted by atomic mass is 19.4. The van der Waals surface area contributed by atoms with Crippen LogP contribution in [0.4, 0.5) is 23.7 Å². The summed E-state index contributed by atoms with van der Waals surface area (Å²) < 4.78 is 36.8. The quantitative estimate of drug-likeness (QED) is 0.353. The first-order valence-corrected chi connectivity index (χ1v) is 9.44. The largest absolute Gasteiger partial charge is 0.405 e. The molecule has 2 aliphatic heterocycles. The van der Waals surface area contributed by atoms with Crippen molar-refractivity contribution in [3.05, 3.63) is 83.6 Å². The van der Waals surface area contributed by atoms with E-state index in [9.17, 15) is 18.0 Å². The van der Waals surface area contributed by atoms with Gasteiger partial charge in [0, 0.05) is 42.0 Å². The number of nitrogens with one attached hydrogen (secondary N) is 3. The van der Waals surface area contributed by atoms with Crippen LogP contribution >= 0.6 is 0 Å². The van der Waals surface area contributed by atoms with Gasteiger partial charge in [0.15, 0.2) is 0 Å². The van der Waals surface area contributed by atoms with Crippen LogP contribution in [0.15, 0.2) is 83.1 Å². The van der Waals surface area contributed by atoms with Crippen LogP contribution in [0, 0.1) is 0 Å². The van der Waals surface area contributed by atoms with E-state index in [0.29, 0.717) is 17.2 Å². The van der Waals surface area contributed by atoms with Crippen molar-refractivity contribution in [2.45, 2.75) is 6.18 Å². The first-order chi connectivity index (χ1) is 15.2. The minimum Gasteiger partial charge on any atom is -0.398 e. The third-order valence-corrected chi connectivity index (χ3v) is 4.46. The topological polar surface area (TPSA) is 121 Å². The van der Waals surface area contributed by atoms with Crippen LogP contribution in [0.3, 0.4) is 0 Å². The zero-order valence-electron chi connectivity index (χ0n) is 17.1. The first kappa shape index (κ1) is 22.5. The number of anilines is 1. The van der Waals surface area contributed by atoms with Crippen molar-refractivity contribution in [3.8, 4) is 0 Å². The molecule has 3 rings (SSSR count). The smallest absolute Gasteiger partial charge is 0.398 e. The van der Waals surface area contributed by atoms with Crippen molar-refractivity contribution in [1.82, 2.24) is 15.5 Å². The molecule has 0 bridgehead atoms. The molecular weight excluding hydrogens is 423 g/mol. The van der Waals surface area contributed by atoms with Gasteiger partial charge in [-0.2, -0.15) is 13.2 Å². The summed E-state index contributed by atoms with van der Waals surface area (Å²) in [6.45, 7) is -1.41. The number of allylic oxidation sites excluding steroid dienone is 4. The molecule has 32 heavy (non-hydrogen) atoms. The number of urea groups is 1. The summed E-state index contributed by atoms with van der Waals surface area (Å²) in [4.78, 5) is 17.4. The number of rotatable bonds is 5. The van der Waals surface area contributed by atoms with Gasteiger partial charge in [-0.3, -0.25) is 4.99 Å². The molecule has 7 N–H and O–H groups in total. The van der Waals surface area contributed by atoms with Gasteiger partial charge in [-0.25, -0.2) is 4.79 Å². The van der Waals surface area contributed by atoms with Gasteiger partial charge in [-0.15, -0.1) is 0 Å². The zero-order valence-corrected chi connectivity index (χ0v) is 17.1. The number of nitrogens with two attached hydrogens (primary N) is 2. The average molecular weight is 445 g/mol. The van der Waals surface area contributed by atoms with E-state index in [0.717, 1.165) is 22.7 Å². The summed E-state index contributed by atoms with van der Waals surface area (Å²) in [5.74, 6) is 1.11. The van der Waals surface area contributed by atoms with Crippen molar-refractivity contribution in [3.63, 3.8) is 0 Å². The number of halogens is 3. The zero-order chi connectivity index (χ0) is 23.3. The Morgan fingerprint density at radius 3 is 2.78 bits per heavy atom. The number of nitrogens with zero attached hydrogens (tertiary/aromatic N) is 2. The number of alkyl halides is 3.